The Morgan fingerprint density at radius 2 is 1.64 bits per heavy atom. The Kier molecular flexibility index (Phi) is 7.70. The average Bonchev–Trinajstić information content (AvgIpc) is 2.93. The van der Waals surface area contributed by atoms with Crippen LogP contribution in [0.25, 0.3) is 11.3 Å². The molecule has 1 aliphatic heterocycles. The molecule has 2 heterocycles. The number of nitrogens with zero attached hydrogens (tertiary/aromatic N) is 4. The molecule has 0 aliphatic carbocycles. The highest BCUT2D eigenvalue weighted by atomic mass is 32.2. The second kappa shape index (κ2) is 10.9. The predicted molar refractivity (Wildman–Crippen MR) is 134 cm³/mol. The third-order valence-corrected chi connectivity index (χ3v) is 7.81. The average molecular weight is 513 g/mol. The fourth-order valence-corrected chi connectivity index (χ4v) is 5.36. The molecule has 2 aromatic carbocycles. The number of carbonyl (C=O) groups is 1. The lowest BCUT2D eigenvalue weighted by Gasteiger charge is -2.34. The lowest BCUT2D eigenvalue weighted by Crippen LogP contribution is -2.49. The number of hydrogen-bond acceptors (Lipinski definition) is 9. The Morgan fingerprint density at radius 3 is 2.22 bits per heavy atom. The van der Waals surface area contributed by atoms with Crippen LogP contribution in [-0.4, -0.2) is 75.9 Å². The lowest BCUT2D eigenvalue weighted by atomic mass is 10.1. The Balaban J connectivity index is 1.42. The van der Waals surface area contributed by atoms with Crippen LogP contribution in [0.5, 0.6) is 11.5 Å². The Labute approximate surface area is 210 Å². The second-order valence-corrected chi connectivity index (χ2v) is 9.92. The Hall–Kier alpha value is -3.70. The first kappa shape index (κ1) is 25.4. The van der Waals surface area contributed by atoms with Crippen molar-refractivity contribution < 1.29 is 27.4 Å². The SMILES string of the molecule is CCOC(=O)c1ccc(S(=O)(=O)N2CCN(c3ccc(-c4cc(OC)ccc4OC)nn3)CC2)cc1. The van der Waals surface area contributed by atoms with Crippen LogP contribution in [0.2, 0.25) is 0 Å². The number of piperazine rings is 1. The number of ether oxygens (including phenoxy) is 3. The van der Waals surface area contributed by atoms with Gasteiger partial charge in [0.1, 0.15) is 11.5 Å². The molecule has 0 unspecified atom stereocenters. The Bertz CT molecular complexity index is 1310. The Morgan fingerprint density at radius 1 is 0.917 bits per heavy atom. The maximum Gasteiger partial charge on any atom is 0.338 e. The zero-order valence-corrected chi connectivity index (χ0v) is 21.2. The number of carbonyl (C=O) groups excluding carboxylic acids is 1. The van der Waals surface area contributed by atoms with Gasteiger partial charge < -0.3 is 19.1 Å². The van der Waals surface area contributed by atoms with E-state index in [1.165, 1.54) is 28.6 Å². The first-order chi connectivity index (χ1) is 17.4. The second-order valence-electron chi connectivity index (χ2n) is 7.98. The third-order valence-electron chi connectivity index (χ3n) is 5.90. The van der Waals surface area contributed by atoms with Crippen LogP contribution >= 0.6 is 0 Å². The van der Waals surface area contributed by atoms with E-state index < -0.39 is 16.0 Å². The van der Waals surface area contributed by atoms with E-state index in [4.69, 9.17) is 14.2 Å². The van der Waals surface area contributed by atoms with Crippen molar-refractivity contribution in [1.29, 1.82) is 0 Å². The number of hydrogen-bond donors (Lipinski definition) is 0. The van der Waals surface area contributed by atoms with E-state index in [9.17, 15) is 13.2 Å². The van der Waals surface area contributed by atoms with Crippen molar-refractivity contribution in [2.45, 2.75) is 11.8 Å². The smallest absolute Gasteiger partial charge is 0.338 e. The summed E-state index contributed by atoms with van der Waals surface area (Å²) in [4.78, 5) is 14.0. The van der Waals surface area contributed by atoms with Gasteiger partial charge in [0.25, 0.3) is 0 Å². The molecule has 4 rings (SSSR count). The number of anilines is 1. The number of esters is 1. The minimum atomic E-state index is -3.69. The molecule has 11 heteroatoms. The quantitative estimate of drug-likeness (QED) is 0.421. The summed E-state index contributed by atoms with van der Waals surface area (Å²) in [6.07, 6.45) is 0. The van der Waals surface area contributed by atoms with Gasteiger partial charge in [0.15, 0.2) is 5.82 Å². The summed E-state index contributed by atoms with van der Waals surface area (Å²) >= 11 is 0. The van der Waals surface area contributed by atoms with E-state index >= 15 is 0 Å². The van der Waals surface area contributed by atoms with Crippen LogP contribution < -0.4 is 14.4 Å². The normalized spacial score (nSPS) is 14.4. The molecule has 3 aromatic rings. The summed E-state index contributed by atoms with van der Waals surface area (Å²) in [6, 6.07) is 15.0. The van der Waals surface area contributed by atoms with E-state index in [1.54, 1.807) is 21.1 Å². The minimum Gasteiger partial charge on any atom is -0.497 e. The fourth-order valence-electron chi connectivity index (χ4n) is 3.94. The topological polar surface area (TPSA) is 111 Å². The zero-order chi connectivity index (χ0) is 25.7. The van der Waals surface area contributed by atoms with Crippen LogP contribution in [0.3, 0.4) is 0 Å². The van der Waals surface area contributed by atoms with E-state index in [1.807, 2.05) is 35.2 Å². The van der Waals surface area contributed by atoms with Gasteiger partial charge in [0.05, 0.1) is 37.0 Å². The fraction of sp³-hybridized carbons (Fsp3) is 0.320. The predicted octanol–water partition coefficient (Wildman–Crippen LogP) is 2.85. The molecular formula is C25H28N4O6S. The molecule has 1 saturated heterocycles. The largest absolute Gasteiger partial charge is 0.497 e. The van der Waals surface area contributed by atoms with Crippen LogP contribution in [0.4, 0.5) is 5.82 Å². The summed E-state index contributed by atoms with van der Waals surface area (Å²) < 4.78 is 43.3. The van der Waals surface area contributed by atoms with Gasteiger partial charge in [0, 0.05) is 31.7 Å². The number of aromatic nitrogens is 2. The van der Waals surface area contributed by atoms with Crippen molar-refractivity contribution in [1.82, 2.24) is 14.5 Å². The zero-order valence-electron chi connectivity index (χ0n) is 20.4. The summed E-state index contributed by atoms with van der Waals surface area (Å²) in [7, 11) is -0.498. The molecule has 1 fully saturated rings. The van der Waals surface area contributed by atoms with Crippen molar-refractivity contribution in [3.05, 3.63) is 60.2 Å². The van der Waals surface area contributed by atoms with Gasteiger partial charge in [-0.15, -0.1) is 10.2 Å². The summed E-state index contributed by atoms with van der Waals surface area (Å²) in [6.45, 7) is 3.51. The number of methoxy groups -OCH3 is 2. The highest BCUT2D eigenvalue weighted by molar-refractivity contribution is 7.89. The van der Waals surface area contributed by atoms with Gasteiger partial charge in [0.2, 0.25) is 10.0 Å². The lowest BCUT2D eigenvalue weighted by molar-refractivity contribution is 0.0526. The van der Waals surface area contributed by atoms with Crippen molar-refractivity contribution >= 4 is 21.8 Å². The summed E-state index contributed by atoms with van der Waals surface area (Å²) in [5, 5.41) is 8.73. The number of sulfonamides is 1. The van der Waals surface area contributed by atoms with Crippen LogP contribution in [0.1, 0.15) is 17.3 Å². The van der Waals surface area contributed by atoms with Gasteiger partial charge in [-0.25, -0.2) is 13.2 Å². The number of benzene rings is 2. The van der Waals surface area contributed by atoms with Gasteiger partial charge in [-0.2, -0.15) is 4.31 Å². The molecule has 36 heavy (non-hydrogen) atoms. The van der Waals surface area contributed by atoms with Crippen LogP contribution in [0, 0.1) is 0 Å². The van der Waals surface area contributed by atoms with Gasteiger partial charge in [-0.3, -0.25) is 0 Å². The first-order valence-electron chi connectivity index (χ1n) is 11.5. The standard InChI is InChI=1S/C25H28N4O6S/c1-4-35-25(30)18-5-8-20(9-6-18)36(31,32)29-15-13-28(14-16-29)24-12-10-22(26-27-24)21-17-19(33-2)7-11-23(21)34-3/h5-12,17H,4,13-16H2,1-3H3. The van der Waals surface area contributed by atoms with Crippen molar-refractivity contribution in [3.63, 3.8) is 0 Å². The highest BCUT2D eigenvalue weighted by Crippen LogP contribution is 2.32. The van der Waals surface area contributed by atoms with Crippen LogP contribution in [-0.2, 0) is 14.8 Å². The van der Waals surface area contributed by atoms with Gasteiger partial charge >= 0.3 is 5.97 Å². The van der Waals surface area contributed by atoms with Gasteiger partial charge in [-0.05, 0) is 61.5 Å². The van der Waals surface area contributed by atoms with Crippen LogP contribution in [0.15, 0.2) is 59.5 Å². The molecular weight excluding hydrogens is 484 g/mol. The molecule has 0 N–H and O–H groups in total. The maximum absolute atomic E-state index is 13.1. The first-order valence-corrected chi connectivity index (χ1v) is 12.9. The maximum atomic E-state index is 13.1. The molecule has 10 nitrogen and oxygen atoms in total. The third kappa shape index (κ3) is 5.26. The van der Waals surface area contributed by atoms with E-state index in [-0.39, 0.29) is 11.5 Å². The molecule has 0 amide bonds. The van der Waals surface area contributed by atoms with E-state index in [2.05, 4.69) is 10.2 Å². The molecule has 0 spiro atoms. The summed E-state index contributed by atoms with van der Waals surface area (Å²) in [5.74, 6) is 1.53. The van der Waals surface area contributed by atoms with Crippen molar-refractivity contribution in [3.8, 4) is 22.8 Å². The van der Waals surface area contributed by atoms with E-state index in [0.717, 1.165) is 5.56 Å². The molecule has 0 bridgehead atoms. The van der Waals surface area contributed by atoms with Crippen molar-refractivity contribution in [2.75, 3.05) is 51.9 Å². The van der Waals surface area contributed by atoms with E-state index in [0.29, 0.717) is 54.8 Å². The van der Waals surface area contributed by atoms with Gasteiger partial charge in [-0.1, -0.05) is 0 Å². The summed E-state index contributed by atoms with van der Waals surface area (Å²) in [5.41, 5.74) is 1.72. The van der Waals surface area contributed by atoms with Crippen molar-refractivity contribution in [2.24, 2.45) is 0 Å². The highest BCUT2D eigenvalue weighted by Gasteiger charge is 2.29. The molecule has 0 saturated carbocycles. The molecule has 0 radical (unpaired) electrons. The molecule has 1 aromatic heterocycles. The molecule has 0 atom stereocenters. The number of rotatable bonds is 8. The molecule has 190 valence electrons. The molecule has 1 aliphatic rings. The monoisotopic (exact) mass is 512 g/mol. The minimum absolute atomic E-state index is 0.139.